The molecule has 1 fully saturated rings. The molecule has 6 nitrogen and oxygen atoms in total. The molecule has 1 unspecified atom stereocenters. The highest BCUT2D eigenvalue weighted by Gasteiger charge is 2.44. The Morgan fingerprint density at radius 1 is 1.41 bits per heavy atom. The van der Waals surface area contributed by atoms with E-state index in [1.54, 1.807) is 18.9 Å². The van der Waals surface area contributed by atoms with E-state index >= 15 is 0 Å². The van der Waals surface area contributed by atoms with Crippen molar-refractivity contribution in [1.82, 2.24) is 4.90 Å². The number of esters is 1. The summed E-state index contributed by atoms with van der Waals surface area (Å²) < 4.78 is 11.4. The van der Waals surface area contributed by atoms with Gasteiger partial charge >= 0.3 is 5.97 Å². The molecule has 1 amide bonds. The number of thioether (sulfide) groups is 1. The first kappa shape index (κ1) is 19.9. The van der Waals surface area contributed by atoms with Crippen LogP contribution in [0.2, 0.25) is 0 Å². The summed E-state index contributed by atoms with van der Waals surface area (Å²) in [5, 5.41) is 0.647. The molecule has 0 spiro atoms. The lowest BCUT2D eigenvalue weighted by Gasteiger charge is -2.33. The van der Waals surface area contributed by atoms with E-state index in [2.05, 4.69) is 20.9 Å². The third-order valence-corrected chi connectivity index (χ3v) is 5.90. The Labute approximate surface area is 171 Å². The van der Waals surface area contributed by atoms with E-state index < -0.39 is 12.0 Å². The Kier molecular flexibility index (Phi) is 6.26. The summed E-state index contributed by atoms with van der Waals surface area (Å²) in [6.07, 6.45) is 1.49. The highest BCUT2D eigenvalue weighted by molar-refractivity contribution is 9.10. The van der Waals surface area contributed by atoms with Gasteiger partial charge in [0, 0.05) is 0 Å². The van der Waals surface area contributed by atoms with Crippen LogP contribution in [0.5, 0.6) is 5.75 Å². The van der Waals surface area contributed by atoms with E-state index in [1.807, 2.05) is 25.1 Å². The molecule has 144 valence electrons. The molecule has 0 N–H and O–H groups in total. The Morgan fingerprint density at radius 2 is 2.19 bits per heavy atom. The molecule has 0 saturated carbocycles. The minimum Gasteiger partial charge on any atom is -0.496 e. The summed E-state index contributed by atoms with van der Waals surface area (Å²) in [4.78, 5) is 31.7. The van der Waals surface area contributed by atoms with Gasteiger partial charge in [0.2, 0.25) is 5.91 Å². The maximum absolute atomic E-state index is 12.8. The fourth-order valence-corrected chi connectivity index (χ4v) is 4.68. The van der Waals surface area contributed by atoms with Crippen LogP contribution in [0.1, 0.15) is 38.3 Å². The molecule has 1 aromatic carbocycles. The molecule has 2 aliphatic heterocycles. The van der Waals surface area contributed by atoms with Gasteiger partial charge in [0.15, 0.2) is 5.17 Å². The van der Waals surface area contributed by atoms with Gasteiger partial charge in [-0.3, -0.25) is 9.69 Å². The predicted molar refractivity (Wildman–Crippen MR) is 109 cm³/mol. The van der Waals surface area contributed by atoms with E-state index in [4.69, 9.17) is 9.47 Å². The van der Waals surface area contributed by atoms with Gasteiger partial charge in [-0.1, -0.05) is 31.2 Å². The van der Waals surface area contributed by atoms with Crippen LogP contribution in [0.25, 0.3) is 0 Å². The first-order chi connectivity index (χ1) is 13.0. The van der Waals surface area contributed by atoms with Crippen LogP contribution in [-0.2, 0) is 14.3 Å². The Morgan fingerprint density at radius 3 is 2.81 bits per heavy atom. The van der Waals surface area contributed by atoms with Gasteiger partial charge in [-0.2, -0.15) is 0 Å². The fraction of sp³-hybridized carbons (Fsp3) is 0.421. The minimum atomic E-state index is -0.553. The second-order valence-corrected chi connectivity index (χ2v) is 7.87. The van der Waals surface area contributed by atoms with Crippen LogP contribution in [0.15, 0.2) is 38.9 Å². The monoisotopic (exact) mass is 452 g/mol. The number of methoxy groups -OCH3 is 1. The number of aliphatic imine (C=N–C) groups is 1. The number of amidine groups is 1. The molecule has 1 saturated heterocycles. The first-order valence-corrected chi connectivity index (χ1v) is 10.6. The summed E-state index contributed by atoms with van der Waals surface area (Å²) in [6, 6.07) is 5.02. The number of allylic oxidation sites excluding steroid dienone is 1. The zero-order valence-corrected chi connectivity index (χ0v) is 17.9. The van der Waals surface area contributed by atoms with E-state index in [1.165, 1.54) is 11.8 Å². The quantitative estimate of drug-likeness (QED) is 0.608. The van der Waals surface area contributed by atoms with Crippen molar-refractivity contribution in [2.75, 3.05) is 19.5 Å². The lowest BCUT2D eigenvalue weighted by molar-refractivity contribution is -0.139. The molecular formula is C19H21BrN2O4S. The van der Waals surface area contributed by atoms with Gasteiger partial charge in [0.05, 0.1) is 41.3 Å². The summed E-state index contributed by atoms with van der Waals surface area (Å²) in [6.45, 7) is 4.07. The average Bonchev–Trinajstić information content (AvgIpc) is 3.01. The van der Waals surface area contributed by atoms with E-state index in [-0.39, 0.29) is 12.5 Å². The summed E-state index contributed by atoms with van der Waals surface area (Å²) in [5.41, 5.74) is 1.94. The summed E-state index contributed by atoms with van der Waals surface area (Å²) in [7, 11) is 1.59. The van der Waals surface area contributed by atoms with Crippen molar-refractivity contribution >= 4 is 44.7 Å². The lowest BCUT2D eigenvalue weighted by Crippen LogP contribution is -2.40. The molecule has 27 heavy (non-hydrogen) atoms. The lowest BCUT2D eigenvalue weighted by atomic mass is 9.93. The van der Waals surface area contributed by atoms with Crippen molar-refractivity contribution in [3.05, 3.63) is 39.5 Å². The number of benzene rings is 1. The van der Waals surface area contributed by atoms with Crippen LogP contribution < -0.4 is 4.74 Å². The van der Waals surface area contributed by atoms with Crippen molar-refractivity contribution in [1.29, 1.82) is 0 Å². The summed E-state index contributed by atoms with van der Waals surface area (Å²) >= 11 is 4.90. The normalized spacial score (nSPS) is 19.1. The van der Waals surface area contributed by atoms with Crippen LogP contribution >= 0.6 is 27.7 Å². The van der Waals surface area contributed by atoms with Gasteiger partial charge < -0.3 is 9.47 Å². The number of amides is 1. The summed E-state index contributed by atoms with van der Waals surface area (Å²) in [5.74, 6) is 0.516. The average molecular weight is 453 g/mol. The number of nitrogens with zero attached hydrogens (tertiary/aromatic N) is 2. The number of carbonyl (C=O) groups excluding carboxylic acids is 2. The van der Waals surface area contributed by atoms with Crippen molar-refractivity contribution in [3.8, 4) is 5.75 Å². The SMILES string of the molecule is CCCC1=C(C(=O)OCC)C(c2ccc(OC)c(Br)c2)N2C(=O)CSC2=N1. The molecule has 1 atom stereocenters. The standard InChI is InChI=1S/C19H21BrN2O4S/c1-4-6-13-16(18(24)26-5-2)17(22-15(23)10-27-19(22)21-13)11-7-8-14(25-3)12(20)9-11/h7-9,17H,4-6,10H2,1-3H3. The molecule has 0 radical (unpaired) electrons. The minimum absolute atomic E-state index is 0.0620. The van der Waals surface area contributed by atoms with Crippen molar-refractivity contribution in [3.63, 3.8) is 0 Å². The van der Waals surface area contributed by atoms with Gasteiger partial charge in [-0.25, -0.2) is 9.79 Å². The second kappa shape index (κ2) is 8.48. The van der Waals surface area contributed by atoms with Gasteiger partial charge in [-0.15, -0.1) is 0 Å². The fourth-order valence-electron chi connectivity index (χ4n) is 3.21. The molecule has 2 heterocycles. The van der Waals surface area contributed by atoms with Gasteiger partial charge in [0.1, 0.15) is 5.75 Å². The number of carbonyl (C=O) groups is 2. The molecule has 0 bridgehead atoms. The van der Waals surface area contributed by atoms with E-state index in [0.29, 0.717) is 34.4 Å². The molecule has 8 heteroatoms. The van der Waals surface area contributed by atoms with Crippen molar-refractivity contribution < 1.29 is 19.1 Å². The largest absolute Gasteiger partial charge is 0.496 e. The van der Waals surface area contributed by atoms with Crippen LogP contribution in [0.3, 0.4) is 0 Å². The van der Waals surface area contributed by atoms with E-state index in [0.717, 1.165) is 16.5 Å². The highest BCUT2D eigenvalue weighted by atomic mass is 79.9. The zero-order valence-electron chi connectivity index (χ0n) is 15.5. The first-order valence-electron chi connectivity index (χ1n) is 8.78. The molecule has 1 aromatic rings. The second-order valence-electron chi connectivity index (χ2n) is 6.07. The van der Waals surface area contributed by atoms with Gasteiger partial charge in [0.25, 0.3) is 0 Å². The third kappa shape index (κ3) is 3.78. The van der Waals surface area contributed by atoms with Gasteiger partial charge in [-0.05, 0) is 47.0 Å². The molecular weight excluding hydrogens is 432 g/mol. The number of rotatable bonds is 6. The molecule has 2 aliphatic rings. The van der Waals surface area contributed by atoms with E-state index in [9.17, 15) is 9.59 Å². The molecule has 0 aliphatic carbocycles. The van der Waals surface area contributed by atoms with Crippen molar-refractivity contribution in [2.45, 2.75) is 32.7 Å². The molecule has 3 rings (SSSR count). The van der Waals surface area contributed by atoms with Crippen LogP contribution in [-0.4, -0.2) is 41.4 Å². The number of fused-ring (bicyclic) bond motifs is 1. The topological polar surface area (TPSA) is 68.2 Å². The zero-order chi connectivity index (χ0) is 19.6. The predicted octanol–water partition coefficient (Wildman–Crippen LogP) is 4.06. The maximum atomic E-state index is 12.8. The smallest absolute Gasteiger partial charge is 0.338 e. The Bertz CT molecular complexity index is 837. The number of hydrogen-bond donors (Lipinski definition) is 0. The number of ether oxygens (including phenoxy) is 2. The molecule has 0 aromatic heterocycles. The third-order valence-electron chi connectivity index (χ3n) is 4.35. The maximum Gasteiger partial charge on any atom is 0.338 e. The Balaban J connectivity index is 2.18. The number of halogens is 1. The van der Waals surface area contributed by atoms with Crippen LogP contribution in [0, 0.1) is 0 Å². The highest BCUT2D eigenvalue weighted by Crippen LogP contribution is 2.43. The van der Waals surface area contributed by atoms with Crippen molar-refractivity contribution in [2.24, 2.45) is 4.99 Å². The number of hydrogen-bond acceptors (Lipinski definition) is 6. The Hall–Kier alpha value is -1.80. The van der Waals surface area contributed by atoms with Crippen LogP contribution in [0.4, 0.5) is 0 Å².